The summed E-state index contributed by atoms with van der Waals surface area (Å²) in [6, 6.07) is 7.04. The molecule has 1 aromatic carbocycles. The van der Waals surface area contributed by atoms with Gasteiger partial charge < -0.3 is 9.47 Å². The van der Waals surface area contributed by atoms with E-state index in [1.54, 1.807) is 25.4 Å². The van der Waals surface area contributed by atoms with Gasteiger partial charge >= 0.3 is 5.97 Å². The summed E-state index contributed by atoms with van der Waals surface area (Å²) >= 11 is 0. The number of hydrogen-bond acceptors (Lipinski definition) is 4. The van der Waals surface area contributed by atoms with Crippen LogP contribution in [-0.4, -0.2) is 25.2 Å². The van der Waals surface area contributed by atoms with Crippen molar-refractivity contribution in [2.45, 2.75) is 0 Å². The molecule has 4 nitrogen and oxygen atoms in total. The lowest BCUT2D eigenvalue weighted by molar-refractivity contribution is 0.0600. The monoisotopic (exact) mass is 217 g/mol. The molecule has 0 unspecified atom stereocenters. The fourth-order valence-corrected chi connectivity index (χ4v) is 1.55. The van der Waals surface area contributed by atoms with Crippen molar-refractivity contribution in [3.05, 3.63) is 36.0 Å². The van der Waals surface area contributed by atoms with Crippen LogP contribution in [0.1, 0.15) is 10.4 Å². The van der Waals surface area contributed by atoms with Crippen LogP contribution in [0, 0.1) is 0 Å². The molecule has 16 heavy (non-hydrogen) atoms. The number of pyridine rings is 1. The van der Waals surface area contributed by atoms with Crippen LogP contribution in [0.15, 0.2) is 30.5 Å². The molecule has 0 radical (unpaired) electrons. The van der Waals surface area contributed by atoms with Crippen molar-refractivity contribution in [2.75, 3.05) is 14.2 Å². The molecular weight excluding hydrogens is 206 g/mol. The van der Waals surface area contributed by atoms with Gasteiger partial charge in [-0.3, -0.25) is 4.98 Å². The summed E-state index contributed by atoms with van der Waals surface area (Å²) < 4.78 is 9.86. The molecule has 0 atom stereocenters. The smallest absolute Gasteiger partial charge is 0.338 e. The van der Waals surface area contributed by atoms with Crippen LogP contribution < -0.4 is 4.74 Å². The molecule has 0 amide bonds. The molecule has 0 N–H and O–H groups in total. The van der Waals surface area contributed by atoms with Crippen molar-refractivity contribution in [3.8, 4) is 5.75 Å². The zero-order valence-electron chi connectivity index (χ0n) is 9.06. The van der Waals surface area contributed by atoms with Crippen molar-refractivity contribution in [2.24, 2.45) is 0 Å². The van der Waals surface area contributed by atoms with Crippen LogP contribution in [0.5, 0.6) is 5.75 Å². The largest absolute Gasteiger partial charge is 0.494 e. The van der Waals surface area contributed by atoms with Crippen LogP contribution in [0.25, 0.3) is 10.9 Å². The van der Waals surface area contributed by atoms with E-state index in [2.05, 4.69) is 9.72 Å². The van der Waals surface area contributed by atoms with Crippen molar-refractivity contribution >= 4 is 16.9 Å². The molecule has 0 fully saturated rings. The summed E-state index contributed by atoms with van der Waals surface area (Å²) in [5.74, 6) is 0.183. The third-order valence-electron chi connectivity index (χ3n) is 2.31. The first-order valence-corrected chi connectivity index (χ1v) is 4.77. The highest BCUT2D eigenvalue weighted by Gasteiger charge is 2.11. The molecule has 0 aliphatic rings. The van der Waals surface area contributed by atoms with Crippen LogP contribution in [0.4, 0.5) is 0 Å². The summed E-state index contributed by atoms with van der Waals surface area (Å²) in [6.07, 6.45) is 1.68. The normalized spacial score (nSPS) is 10.1. The predicted molar refractivity (Wildman–Crippen MR) is 59.6 cm³/mol. The van der Waals surface area contributed by atoms with Crippen molar-refractivity contribution in [1.29, 1.82) is 0 Å². The van der Waals surface area contributed by atoms with Gasteiger partial charge in [-0.2, -0.15) is 0 Å². The van der Waals surface area contributed by atoms with E-state index < -0.39 is 0 Å². The van der Waals surface area contributed by atoms with Gasteiger partial charge in [0.15, 0.2) is 0 Å². The van der Waals surface area contributed by atoms with Gasteiger partial charge in [-0.05, 0) is 18.2 Å². The van der Waals surface area contributed by atoms with E-state index >= 15 is 0 Å². The summed E-state index contributed by atoms with van der Waals surface area (Å²) in [7, 11) is 2.90. The average molecular weight is 217 g/mol. The van der Waals surface area contributed by atoms with E-state index in [1.165, 1.54) is 7.11 Å². The Bertz CT molecular complexity index is 537. The first-order chi connectivity index (χ1) is 7.76. The van der Waals surface area contributed by atoms with E-state index in [1.807, 2.05) is 12.1 Å². The summed E-state index contributed by atoms with van der Waals surface area (Å²) in [5, 5.41) is 0.849. The number of fused-ring (bicyclic) bond motifs is 1. The standard InChI is InChI=1S/C12H11NO3/c1-15-10-7-9(12(14)16-2)6-8-4-3-5-13-11(8)10/h3-7H,1-2H3. The third-order valence-corrected chi connectivity index (χ3v) is 2.31. The topological polar surface area (TPSA) is 48.4 Å². The minimum atomic E-state index is -0.385. The molecular formula is C12H11NO3. The lowest BCUT2D eigenvalue weighted by atomic mass is 10.1. The number of aromatic nitrogens is 1. The number of ether oxygens (including phenoxy) is 2. The second-order valence-corrected chi connectivity index (χ2v) is 3.25. The van der Waals surface area contributed by atoms with E-state index in [-0.39, 0.29) is 5.97 Å². The highest BCUT2D eigenvalue weighted by molar-refractivity contribution is 5.96. The predicted octanol–water partition coefficient (Wildman–Crippen LogP) is 2.03. The molecule has 2 rings (SSSR count). The number of rotatable bonds is 2. The minimum absolute atomic E-state index is 0.385. The van der Waals surface area contributed by atoms with E-state index in [4.69, 9.17) is 4.74 Å². The van der Waals surface area contributed by atoms with Gasteiger partial charge in [0.1, 0.15) is 11.3 Å². The Morgan fingerprint density at radius 3 is 2.81 bits per heavy atom. The molecule has 4 heteroatoms. The van der Waals surface area contributed by atoms with Crippen molar-refractivity contribution in [1.82, 2.24) is 4.98 Å². The number of nitrogens with zero attached hydrogens (tertiary/aromatic N) is 1. The minimum Gasteiger partial charge on any atom is -0.494 e. The molecule has 0 spiro atoms. The SMILES string of the molecule is COC(=O)c1cc(OC)c2ncccc2c1. The van der Waals surface area contributed by atoms with Crippen molar-refractivity contribution in [3.63, 3.8) is 0 Å². The lowest BCUT2D eigenvalue weighted by Crippen LogP contribution is -2.02. The van der Waals surface area contributed by atoms with Gasteiger partial charge in [0.25, 0.3) is 0 Å². The second-order valence-electron chi connectivity index (χ2n) is 3.25. The molecule has 0 saturated heterocycles. The second kappa shape index (κ2) is 4.18. The highest BCUT2D eigenvalue weighted by atomic mass is 16.5. The zero-order chi connectivity index (χ0) is 11.5. The Labute approximate surface area is 92.8 Å². The quantitative estimate of drug-likeness (QED) is 0.722. The number of carbonyl (C=O) groups is 1. The maximum Gasteiger partial charge on any atom is 0.338 e. The zero-order valence-corrected chi connectivity index (χ0v) is 9.06. The Balaban J connectivity index is 2.68. The summed E-state index contributed by atoms with van der Waals surface area (Å²) in [6.45, 7) is 0. The summed E-state index contributed by atoms with van der Waals surface area (Å²) in [4.78, 5) is 15.6. The van der Waals surface area contributed by atoms with E-state index in [0.29, 0.717) is 11.3 Å². The van der Waals surface area contributed by atoms with E-state index in [0.717, 1.165) is 10.9 Å². The van der Waals surface area contributed by atoms with Gasteiger partial charge in [-0.15, -0.1) is 0 Å². The van der Waals surface area contributed by atoms with Crippen molar-refractivity contribution < 1.29 is 14.3 Å². The number of hydrogen-bond donors (Lipinski definition) is 0. The first-order valence-electron chi connectivity index (χ1n) is 4.77. The van der Waals surface area contributed by atoms with Gasteiger partial charge in [0, 0.05) is 11.6 Å². The van der Waals surface area contributed by atoms with Gasteiger partial charge in [-0.25, -0.2) is 4.79 Å². The van der Waals surface area contributed by atoms with Crippen LogP contribution in [0.2, 0.25) is 0 Å². The molecule has 2 aromatic rings. The number of benzene rings is 1. The molecule has 1 heterocycles. The van der Waals surface area contributed by atoms with E-state index in [9.17, 15) is 4.79 Å². The Kier molecular flexibility index (Phi) is 2.72. The Morgan fingerprint density at radius 1 is 1.31 bits per heavy atom. The molecule has 0 bridgehead atoms. The molecule has 0 saturated carbocycles. The fourth-order valence-electron chi connectivity index (χ4n) is 1.55. The number of esters is 1. The van der Waals surface area contributed by atoms with Crippen LogP contribution in [0.3, 0.4) is 0 Å². The highest BCUT2D eigenvalue weighted by Crippen LogP contribution is 2.25. The molecule has 82 valence electrons. The van der Waals surface area contributed by atoms with Gasteiger partial charge in [0.2, 0.25) is 0 Å². The Morgan fingerprint density at radius 2 is 2.12 bits per heavy atom. The molecule has 1 aromatic heterocycles. The molecule has 0 aliphatic heterocycles. The number of methoxy groups -OCH3 is 2. The average Bonchev–Trinajstić information content (AvgIpc) is 2.36. The van der Waals surface area contributed by atoms with Crippen LogP contribution in [-0.2, 0) is 4.74 Å². The fraction of sp³-hybridized carbons (Fsp3) is 0.167. The Hall–Kier alpha value is -2.10. The van der Waals surface area contributed by atoms with Crippen LogP contribution >= 0.6 is 0 Å². The molecule has 0 aliphatic carbocycles. The maximum atomic E-state index is 11.4. The third kappa shape index (κ3) is 1.69. The number of carbonyl (C=O) groups excluding carboxylic acids is 1. The van der Waals surface area contributed by atoms with Gasteiger partial charge in [-0.1, -0.05) is 6.07 Å². The first kappa shape index (κ1) is 10.4. The van der Waals surface area contributed by atoms with Gasteiger partial charge in [0.05, 0.1) is 19.8 Å². The maximum absolute atomic E-state index is 11.4. The lowest BCUT2D eigenvalue weighted by Gasteiger charge is -2.06. The summed E-state index contributed by atoms with van der Waals surface area (Å²) in [5.41, 5.74) is 1.19.